The molecule has 1 amide bonds. The smallest absolute Gasteiger partial charge is 0.297 e. The molecule has 0 spiro atoms. The number of furan rings is 1. The predicted octanol–water partition coefficient (Wildman–Crippen LogP) is 4.53. The van der Waals surface area contributed by atoms with Crippen LogP contribution in [0.4, 0.5) is 17.1 Å². The fraction of sp³-hybridized carbons (Fsp3) is 0.0417. The highest BCUT2D eigenvalue weighted by molar-refractivity contribution is 6.02. The van der Waals surface area contributed by atoms with Gasteiger partial charge >= 0.3 is 0 Å². The summed E-state index contributed by atoms with van der Waals surface area (Å²) in [7, 11) is 0. The number of anilines is 3. The maximum Gasteiger partial charge on any atom is 0.297 e. The SMILES string of the molecule is O=C(Cn1cnc2c(oc3ccccc32)c1=O)Nc1ccccc1Nc1ccccc1. The fourth-order valence-electron chi connectivity index (χ4n) is 3.45. The Bertz CT molecular complexity index is 1450. The third-order valence-electron chi connectivity index (χ3n) is 4.92. The molecule has 5 aromatic rings. The highest BCUT2D eigenvalue weighted by Gasteiger charge is 2.15. The first kappa shape index (κ1) is 18.6. The number of para-hydroxylation sites is 4. The molecule has 0 bridgehead atoms. The number of nitrogens with one attached hydrogen (secondary N) is 2. The maximum atomic E-state index is 12.8. The number of amides is 1. The van der Waals surface area contributed by atoms with Crippen molar-refractivity contribution in [1.82, 2.24) is 9.55 Å². The third-order valence-corrected chi connectivity index (χ3v) is 4.92. The number of rotatable bonds is 5. The first-order valence-corrected chi connectivity index (χ1v) is 9.77. The lowest BCUT2D eigenvalue weighted by Gasteiger charge is -2.13. The summed E-state index contributed by atoms with van der Waals surface area (Å²) in [5, 5.41) is 6.91. The molecule has 0 saturated carbocycles. The van der Waals surface area contributed by atoms with Crippen molar-refractivity contribution in [3.63, 3.8) is 0 Å². The monoisotopic (exact) mass is 410 g/mol. The van der Waals surface area contributed by atoms with Crippen LogP contribution in [-0.4, -0.2) is 15.5 Å². The van der Waals surface area contributed by atoms with Crippen LogP contribution < -0.4 is 16.2 Å². The zero-order chi connectivity index (χ0) is 21.2. The van der Waals surface area contributed by atoms with Crippen molar-refractivity contribution >= 4 is 45.0 Å². The molecule has 2 aromatic heterocycles. The lowest BCUT2D eigenvalue weighted by atomic mass is 10.2. The molecule has 7 nitrogen and oxygen atoms in total. The molecule has 0 aliphatic carbocycles. The lowest BCUT2D eigenvalue weighted by molar-refractivity contribution is -0.116. The largest absolute Gasteiger partial charge is 0.448 e. The van der Waals surface area contributed by atoms with E-state index in [0.29, 0.717) is 16.8 Å². The lowest BCUT2D eigenvalue weighted by Crippen LogP contribution is -2.27. The molecule has 0 unspecified atom stereocenters. The zero-order valence-corrected chi connectivity index (χ0v) is 16.4. The topological polar surface area (TPSA) is 89.2 Å². The number of fused-ring (bicyclic) bond motifs is 3. The zero-order valence-electron chi connectivity index (χ0n) is 16.4. The number of aromatic nitrogens is 2. The van der Waals surface area contributed by atoms with Gasteiger partial charge in [-0.25, -0.2) is 4.98 Å². The standard InChI is InChI=1S/C24H18N4O3/c29-21(27-19-12-6-5-11-18(19)26-16-8-2-1-3-9-16)14-28-15-25-22-17-10-4-7-13-20(17)31-23(22)24(28)30/h1-13,15,26H,14H2,(H,27,29). The summed E-state index contributed by atoms with van der Waals surface area (Å²) in [6, 6.07) is 24.4. The van der Waals surface area contributed by atoms with Crippen LogP contribution >= 0.6 is 0 Å². The van der Waals surface area contributed by atoms with Crippen LogP contribution in [0.25, 0.3) is 22.1 Å². The Morgan fingerprint density at radius 1 is 0.903 bits per heavy atom. The summed E-state index contributed by atoms with van der Waals surface area (Å²) in [6.07, 6.45) is 1.38. The van der Waals surface area contributed by atoms with Crippen LogP contribution in [0, 0.1) is 0 Å². The van der Waals surface area contributed by atoms with E-state index in [1.165, 1.54) is 10.9 Å². The maximum absolute atomic E-state index is 12.8. The van der Waals surface area contributed by atoms with E-state index < -0.39 is 5.56 Å². The van der Waals surface area contributed by atoms with Gasteiger partial charge < -0.3 is 15.1 Å². The van der Waals surface area contributed by atoms with E-state index in [1.54, 1.807) is 12.1 Å². The summed E-state index contributed by atoms with van der Waals surface area (Å²) in [5.74, 6) is -0.346. The van der Waals surface area contributed by atoms with Gasteiger partial charge in [-0.2, -0.15) is 0 Å². The molecule has 2 heterocycles. The van der Waals surface area contributed by atoms with Gasteiger partial charge in [0.05, 0.1) is 17.7 Å². The number of carbonyl (C=O) groups is 1. The second-order valence-electron chi connectivity index (χ2n) is 7.04. The molecular weight excluding hydrogens is 392 g/mol. The predicted molar refractivity (Wildman–Crippen MR) is 121 cm³/mol. The number of hydrogen-bond donors (Lipinski definition) is 2. The van der Waals surface area contributed by atoms with Crippen LogP contribution in [0.1, 0.15) is 0 Å². The van der Waals surface area contributed by atoms with E-state index in [4.69, 9.17) is 4.42 Å². The van der Waals surface area contributed by atoms with Crippen molar-refractivity contribution in [3.8, 4) is 0 Å². The van der Waals surface area contributed by atoms with Gasteiger partial charge in [-0.1, -0.05) is 42.5 Å². The highest BCUT2D eigenvalue weighted by Crippen LogP contribution is 2.26. The molecule has 0 aliphatic heterocycles. The van der Waals surface area contributed by atoms with Crippen molar-refractivity contribution in [2.75, 3.05) is 10.6 Å². The van der Waals surface area contributed by atoms with Crippen LogP contribution in [0.15, 0.2) is 94.4 Å². The minimum Gasteiger partial charge on any atom is -0.448 e. The van der Waals surface area contributed by atoms with Gasteiger partial charge in [0, 0.05) is 11.1 Å². The molecule has 7 heteroatoms. The fourth-order valence-corrected chi connectivity index (χ4v) is 3.45. The molecule has 0 radical (unpaired) electrons. The van der Waals surface area contributed by atoms with Crippen molar-refractivity contribution in [2.45, 2.75) is 6.54 Å². The van der Waals surface area contributed by atoms with Gasteiger partial charge in [0.15, 0.2) is 0 Å². The highest BCUT2D eigenvalue weighted by atomic mass is 16.3. The molecular formula is C24H18N4O3. The van der Waals surface area contributed by atoms with Gasteiger partial charge in [-0.05, 0) is 36.4 Å². The second-order valence-corrected chi connectivity index (χ2v) is 7.04. The van der Waals surface area contributed by atoms with Gasteiger partial charge in [0.25, 0.3) is 5.56 Å². The van der Waals surface area contributed by atoms with Crippen molar-refractivity contribution in [3.05, 3.63) is 95.5 Å². The average molecular weight is 410 g/mol. The Balaban J connectivity index is 1.39. The minimum absolute atomic E-state index is 0.141. The summed E-state index contributed by atoms with van der Waals surface area (Å²) >= 11 is 0. The Morgan fingerprint density at radius 3 is 2.45 bits per heavy atom. The molecule has 0 saturated heterocycles. The van der Waals surface area contributed by atoms with Gasteiger partial charge in [-0.15, -0.1) is 0 Å². The summed E-state index contributed by atoms with van der Waals surface area (Å²) in [5.41, 5.74) is 3.09. The van der Waals surface area contributed by atoms with Crippen LogP contribution in [0.2, 0.25) is 0 Å². The van der Waals surface area contributed by atoms with Gasteiger partial charge in [0.1, 0.15) is 17.6 Å². The Morgan fingerprint density at radius 2 is 1.61 bits per heavy atom. The van der Waals surface area contributed by atoms with Crippen molar-refractivity contribution in [2.24, 2.45) is 0 Å². The van der Waals surface area contributed by atoms with Gasteiger partial charge in [-0.3, -0.25) is 14.2 Å². The average Bonchev–Trinajstić information content (AvgIpc) is 3.17. The van der Waals surface area contributed by atoms with Crippen molar-refractivity contribution < 1.29 is 9.21 Å². The minimum atomic E-state index is -0.396. The molecule has 0 atom stereocenters. The first-order valence-electron chi connectivity index (χ1n) is 9.77. The number of nitrogens with zero attached hydrogens (tertiary/aromatic N) is 2. The number of hydrogen-bond acceptors (Lipinski definition) is 5. The summed E-state index contributed by atoms with van der Waals surface area (Å²) < 4.78 is 6.92. The molecule has 5 rings (SSSR count). The van der Waals surface area contributed by atoms with E-state index in [2.05, 4.69) is 15.6 Å². The normalized spacial score (nSPS) is 11.0. The van der Waals surface area contributed by atoms with Crippen molar-refractivity contribution in [1.29, 1.82) is 0 Å². The van der Waals surface area contributed by atoms with E-state index in [1.807, 2.05) is 66.7 Å². The van der Waals surface area contributed by atoms with Crippen LogP contribution in [0.5, 0.6) is 0 Å². The number of carbonyl (C=O) groups excluding carboxylic acids is 1. The van der Waals surface area contributed by atoms with Crippen LogP contribution in [0.3, 0.4) is 0 Å². The molecule has 0 aliphatic rings. The van der Waals surface area contributed by atoms with E-state index in [-0.39, 0.29) is 18.0 Å². The van der Waals surface area contributed by atoms with E-state index in [0.717, 1.165) is 16.8 Å². The molecule has 0 fully saturated rings. The molecule has 31 heavy (non-hydrogen) atoms. The Labute approximate surface area is 177 Å². The van der Waals surface area contributed by atoms with E-state index >= 15 is 0 Å². The summed E-state index contributed by atoms with van der Waals surface area (Å²) in [6.45, 7) is -0.182. The second kappa shape index (κ2) is 7.79. The third kappa shape index (κ3) is 3.64. The van der Waals surface area contributed by atoms with Gasteiger partial charge in [0.2, 0.25) is 11.5 Å². The molecule has 2 N–H and O–H groups in total. The summed E-state index contributed by atoms with van der Waals surface area (Å²) in [4.78, 5) is 29.9. The first-order chi connectivity index (χ1) is 15.2. The molecule has 3 aromatic carbocycles. The van der Waals surface area contributed by atoms with Crippen LogP contribution in [-0.2, 0) is 11.3 Å². The Hall–Kier alpha value is -4.39. The number of benzene rings is 3. The van der Waals surface area contributed by atoms with E-state index in [9.17, 15) is 9.59 Å². The quantitative estimate of drug-likeness (QED) is 0.445. The molecule has 152 valence electrons. The Kier molecular flexibility index (Phi) is 4.68.